The zero-order valence-corrected chi connectivity index (χ0v) is 22.7. The first kappa shape index (κ1) is 27.4. The highest BCUT2D eigenvalue weighted by Crippen LogP contribution is 2.47. The zero-order valence-electron chi connectivity index (χ0n) is 21.1. The number of unbranched alkanes of at least 4 members (excludes halogenated alkanes) is 1. The second kappa shape index (κ2) is 12.6. The molecule has 0 saturated heterocycles. The van der Waals surface area contributed by atoms with Crippen molar-refractivity contribution in [3.63, 3.8) is 0 Å². The van der Waals surface area contributed by atoms with Crippen LogP contribution in [0.15, 0.2) is 53.4 Å². The number of rotatable bonds is 11. The maximum atomic E-state index is 12.9. The average Bonchev–Trinajstić information content (AvgIpc) is 3.05. The monoisotopic (exact) mass is 521 g/mol. The fourth-order valence-corrected chi connectivity index (χ4v) is 8.51. The molecule has 3 rings (SSSR count). The quantitative estimate of drug-likeness (QED) is 0.336. The van der Waals surface area contributed by atoms with Crippen LogP contribution < -0.4 is 14.9 Å². The number of carbonyl (C=O) groups is 1. The molecule has 2 N–H and O–H groups in total. The number of benzene rings is 2. The molecule has 1 aliphatic rings. The summed E-state index contributed by atoms with van der Waals surface area (Å²) in [5.41, 5.74) is 0.950. The highest BCUT2D eigenvalue weighted by Gasteiger charge is 2.19. The minimum absolute atomic E-state index is 0.0803. The molecule has 9 heteroatoms. The summed E-state index contributed by atoms with van der Waals surface area (Å²) < 4.78 is 33.7. The number of nitrogens with one attached hydrogen (secondary N) is 2. The van der Waals surface area contributed by atoms with Gasteiger partial charge in [0.2, 0.25) is 10.0 Å². The first-order chi connectivity index (χ1) is 16.7. The van der Waals surface area contributed by atoms with Crippen LogP contribution in [0.4, 0.5) is 10.5 Å². The van der Waals surface area contributed by atoms with E-state index in [9.17, 15) is 13.2 Å². The lowest BCUT2D eigenvalue weighted by Gasteiger charge is -2.34. The lowest BCUT2D eigenvalue weighted by atomic mass is 10.1. The van der Waals surface area contributed by atoms with Gasteiger partial charge in [0.15, 0.2) is 0 Å². The van der Waals surface area contributed by atoms with Crippen LogP contribution in [0.25, 0.3) is 10.8 Å². The molecule has 0 atom stereocenters. The zero-order chi connectivity index (χ0) is 25.3. The van der Waals surface area contributed by atoms with Crippen LogP contribution >= 0.6 is 10.0 Å². The minimum Gasteiger partial charge on any atom is -0.450 e. The van der Waals surface area contributed by atoms with E-state index >= 15 is 0 Å². The van der Waals surface area contributed by atoms with Gasteiger partial charge in [-0.25, -0.2) is 28.0 Å². The molecule has 1 heterocycles. The first-order valence-electron chi connectivity index (χ1n) is 12.2. The molecule has 0 spiro atoms. The molecule has 0 aliphatic carbocycles. The molecule has 0 fully saturated rings. The minimum atomic E-state index is -3.73. The molecule has 0 aromatic heterocycles. The summed E-state index contributed by atoms with van der Waals surface area (Å²) in [5.74, 6) is 3.83. The van der Waals surface area contributed by atoms with Crippen molar-refractivity contribution in [2.45, 2.75) is 30.6 Å². The van der Waals surface area contributed by atoms with Crippen molar-refractivity contribution in [2.75, 3.05) is 62.2 Å². The molecule has 0 radical (unpaired) electrons. The Hall–Kier alpha value is -2.23. The van der Waals surface area contributed by atoms with Crippen molar-refractivity contribution in [3.8, 4) is 0 Å². The smallest absolute Gasteiger partial charge is 0.407 e. The number of anilines is 1. The van der Waals surface area contributed by atoms with Gasteiger partial charge >= 0.3 is 6.09 Å². The van der Waals surface area contributed by atoms with Gasteiger partial charge in [-0.2, -0.15) is 0 Å². The van der Waals surface area contributed by atoms with Crippen LogP contribution in [0.5, 0.6) is 0 Å². The first-order valence-corrected chi connectivity index (χ1v) is 16.2. The fraction of sp³-hybridized carbons (Fsp3) is 0.500. The third kappa shape index (κ3) is 7.88. The fourth-order valence-electron chi connectivity index (χ4n) is 4.33. The summed E-state index contributed by atoms with van der Waals surface area (Å²) in [7, 11) is -0.419. The molecule has 1 amide bonds. The molecular weight excluding hydrogens is 482 g/mol. The van der Waals surface area contributed by atoms with Gasteiger partial charge in [0, 0.05) is 43.6 Å². The Morgan fingerprint density at radius 3 is 2.40 bits per heavy atom. The molecule has 194 valence electrons. The third-order valence-electron chi connectivity index (χ3n) is 6.30. The molecule has 2 aromatic rings. The molecule has 7 nitrogen and oxygen atoms in total. The number of sulfonamides is 1. The predicted octanol–water partition coefficient (Wildman–Crippen LogP) is 4.47. The van der Waals surface area contributed by atoms with Crippen LogP contribution in [0.1, 0.15) is 25.7 Å². The van der Waals surface area contributed by atoms with E-state index in [1.165, 1.54) is 30.1 Å². The summed E-state index contributed by atoms with van der Waals surface area (Å²) in [6.45, 7) is 0.619. The Labute approximate surface area is 211 Å². The van der Waals surface area contributed by atoms with Crippen LogP contribution in [-0.2, 0) is 14.8 Å². The number of hydrogen-bond acceptors (Lipinski definition) is 5. The van der Waals surface area contributed by atoms with Crippen molar-refractivity contribution in [2.24, 2.45) is 0 Å². The van der Waals surface area contributed by atoms with Crippen LogP contribution in [0.3, 0.4) is 0 Å². The van der Waals surface area contributed by atoms with Crippen molar-refractivity contribution in [1.82, 2.24) is 10.0 Å². The molecule has 2 aromatic carbocycles. The highest BCUT2D eigenvalue weighted by molar-refractivity contribution is 8.33. The Morgan fingerprint density at radius 2 is 1.69 bits per heavy atom. The summed E-state index contributed by atoms with van der Waals surface area (Å²) in [5, 5.41) is 4.16. The Balaban J connectivity index is 1.39. The van der Waals surface area contributed by atoms with Crippen molar-refractivity contribution in [3.05, 3.63) is 48.6 Å². The van der Waals surface area contributed by atoms with E-state index in [1.54, 1.807) is 18.2 Å². The number of alkyl carbamates (subject to hydrolysis) is 1. The number of hydrogen-bond donors (Lipinski definition) is 2. The van der Waals surface area contributed by atoms with Gasteiger partial charge in [-0.15, -0.1) is 0 Å². The van der Waals surface area contributed by atoms with E-state index in [1.807, 2.05) is 37.2 Å². The second-order valence-electron chi connectivity index (χ2n) is 9.33. The van der Waals surface area contributed by atoms with Gasteiger partial charge in [0.05, 0.1) is 11.5 Å². The van der Waals surface area contributed by atoms with Gasteiger partial charge in [-0.3, -0.25) is 0 Å². The molecular formula is C26H39N3O4S2. The normalized spacial score (nSPS) is 16.4. The molecule has 0 bridgehead atoms. The van der Waals surface area contributed by atoms with E-state index in [2.05, 4.69) is 28.4 Å². The van der Waals surface area contributed by atoms with Gasteiger partial charge in [0.1, 0.15) is 0 Å². The van der Waals surface area contributed by atoms with Crippen molar-refractivity contribution >= 4 is 42.6 Å². The van der Waals surface area contributed by atoms with E-state index < -0.39 is 26.1 Å². The number of allylic oxidation sites excluding steroid dienone is 2. The lowest BCUT2D eigenvalue weighted by Crippen LogP contribution is -2.35. The van der Waals surface area contributed by atoms with Gasteiger partial charge < -0.3 is 15.0 Å². The molecule has 0 saturated carbocycles. The second-order valence-corrected chi connectivity index (χ2v) is 15.2. The van der Waals surface area contributed by atoms with Crippen LogP contribution in [0, 0.1) is 0 Å². The third-order valence-corrected chi connectivity index (χ3v) is 11.5. The highest BCUT2D eigenvalue weighted by atomic mass is 32.3. The summed E-state index contributed by atoms with van der Waals surface area (Å²) in [6.07, 6.45) is 10.8. The Bertz CT molecular complexity index is 1120. The molecule has 35 heavy (non-hydrogen) atoms. The lowest BCUT2D eigenvalue weighted by molar-refractivity contribution is 0.145. The van der Waals surface area contributed by atoms with E-state index in [0.29, 0.717) is 12.0 Å². The summed E-state index contributed by atoms with van der Waals surface area (Å²) in [6, 6.07) is 10.9. The predicted molar refractivity (Wildman–Crippen MR) is 149 cm³/mol. The van der Waals surface area contributed by atoms with Gasteiger partial charge in [-0.05, 0) is 61.3 Å². The summed E-state index contributed by atoms with van der Waals surface area (Å²) in [4.78, 5) is 14.1. The SMILES string of the molecule is CN(C)c1cccc2c(S(=O)(=O)NCCNC(=O)OCCCCS3(C)CCC=CCC3)cccc12. The molecule has 1 aliphatic heterocycles. The van der Waals surface area contributed by atoms with Crippen LogP contribution in [0.2, 0.25) is 0 Å². The van der Waals surface area contributed by atoms with Crippen molar-refractivity contribution in [1.29, 1.82) is 0 Å². The number of amides is 1. The standard InChI is InChI=1S/C26H39N3O4S2/c1-29(2)24-14-10-13-23-22(24)12-11-15-25(23)35(31,32)28-17-16-27-26(30)33-18-6-9-21-34(3)19-7-4-5-8-20-34/h4-5,10-15,28H,6-9,16-21H2,1-3H3,(H,27,30). The average molecular weight is 522 g/mol. The van der Waals surface area contributed by atoms with Crippen LogP contribution in [-0.4, -0.2) is 71.8 Å². The maximum absolute atomic E-state index is 12.9. The maximum Gasteiger partial charge on any atom is 0.407 e. The van der Waals surface area contributed by atoms with Gasteiger partial charge in [0.25, 0.3) is 0 Å². The number of fused-ring (bicyclic) bond motifs is 1. The van der Waals surface area contributed by atoms with E-state index in [0.717, 1.165) is 23.9 Å². The van der Waals surface area contributed by atoms with E-state index in [4.69, 9.17) is 4.74 Å². The number of nitrogens with zero attached hydrogens (tertiary/aromatic N) is 1. The number of ether oxygens (including phenoxy) is 1. The summed E-state index contributed by atoms with van der Waals surface area (Å²) >= 11 is 0. The van der Waals surface area contributed by atoms with Crippen molar-refractivity contribution < 1.29 is 17.9 Å². The Kier molecular flexibility index (Phi) is 9.89. The molecule has 0 unspecified atom stereocenters. The van der Waals surface area contributed by atoms with Gasteiger partial charge in [-0.1, -0.05) is 36.4 Å². The number of carbonyl (C=O) groups excluding carboxylic acids is 1. The largest absolute Gasteiger partial charge is 0.450 e. The van der Waals surface area contributed by atoms with E-state index in [-0.39, 0.29) is 18.0 Å². The Morgan fingerprint density at radius 1 is 1.00 bits per heavy atom. The topological polar surface area (TPSA) is 87.7 Å².